The molecule has 6 nitrogen and oxygen atoms in total. The van der Waals surface area contributed by atoms with E-state index in [0.29, 0.717) is 18.7 Å². The lowest BCUT2D eigenvalue weighted by Crippen LogP contribution is -2.39. The monoisotopic (exact) mass is 380 g/mol. The molecule has 0 unspecified atom stereocenters. The van der Waals surface area contributed by atoms with E-state index in [2.05, 4.69) is 5.32 Å². The summed E-state index contributed by atoms with van der Waals surface area (Å²) < 4.78 is 4.98. The number of ether oxygens (including phenoxy) is 1. The summed E-state index contributed by atoms with van der Waals surface area (Å²) in [7, 11) is 0. The molecule has 1 aliphatic rings. The second kappa shape index (κ2) is 9.69. The average Bonchev–Trinajstić information content (AvgIpc) is 2.77. The van der Waals surface area contributed by atoms with E-state index in [-0.39, 0.29) is 25.0 Å². The lowest BCUT2D eigenvalue weighted by molar-refractivity contribution is -0.151. The summed E-state index contributed by atoms with van der Waals surface area (Å²) in [6.45, 7) is 0.880. The van der Waals surface area contributed by atoms with Gasteiger partial charge in [0.1, 0.15) is 6.54 Å². The predicted molar refractivity (Wildman–Crippen MR) is 106 cm³/mol. The molecule has 0 radical (unpaired) electrons. The first-order valence-electron chi connectivity index (χ1n) is 9.50. The number of carbonyl (C=O) groups excluding carboxylic acids is 3. The third kappa shape index (κ3) is 5.42. The van der Waals surface area contributed by atoms with Crippen molar-refractivity contribution in [2.45, 2.75) is 19.3 Å². The van der Waals surface area contributed by atoms with Crippen LogP contribution in [0.15, 0.2) is 54.6 Å². The summed E-state index contributed by atoms with van der Waals surface area (Å²) in [4.78, 5) is 37.7. The molecule has 3 rings (SSSR count). The van der Waals surface area contributed by atoms with Crippen LogP contribution in [0.5, 0.6) is 0 Å². The second-order valence-corrected chi connectivity index (χ2v) is 6.73. The summed E-state index contributed by atoms with van der Waals surface area (Å²) in [5, 5.41) is 2.52. The van der Waals surface area contributed by atoms with Crippen molar-refractivity contribution in [3.05, 3.63) is 60.2 Å². The van der Waals surface area contributed by atoms with E-state index in [1.54, 1.807) is 17.0 Å². The Morgan fingerprint density at radius 1 is 0.857 bits per heavy atom. The topological polar surface area (TPSA) is 75.7 Å². The van der Waals surface area contributed by atoms with Crippen LogP contribution < -0.4 is 5.32 Å². The Bertz CT molecular complexity index is 812. The molecule has 2 aromatic rings. The van der Waals surface area contributed by atoms with Crippen molar-refractivity contribution in [1.29, 1.82) is 0 Å². The van der Waals surface area contributed by atoms with E-state index in [9.17, 15) is 14.4 Å². The average molecular weight is 380 g/mol. The zero-order valence-electron chi connectivity index (χ0n) is 15.7. The van der Waals surface area contributed by atoms with Gasteiger partial charge in [0.15, 0.2) is 6.61 Å². The molecule has 0 spiro atoms. The number of nitrogens with zero attached hydrogens (tertiary/aromatic N) is 1. The molecule has 1 saturated heterocycles. The Labute approximate surface area is 164 Å². The van der Waals surface area contributed by atoms with Crippen LogP contribution in [0.1, 0.15) is 29.6 Å². The lowest BCUT2D eigenvalue weighted by atomic mass is 10.0. The van der Waals surface area contributed by atoms with E-state index in [4.69, 9.17) is 4.74 Å². The fraction of sp³-hybridized carbons (Fsp3) is 0.318. The van der Waals surface area contributed by atoms with Gasteiger partial charge in [0.05, 0.1) is 0 Å². The number of carbonyl (C=O) groups is 3. The van der Waals surface area contributed by atoms with Gasteiger partial charge in [0.2, 0.25) is 0 Å². The van der Waals surface area contributed by atoms with Crippen molar-refractivity contribution in [3.63, 3.8) is 0 Å². The van der Waals surface area contributed by atoms with Crippen LogP contribution in [0.2, 0.25) is 0 Å². The van der Waals surface area contributed by atoms with Crippen molar-refractivity contribution in [2.24, 2.45) is 0 Å². The van der Waals surface area contributed by atoms with Gasteiger partial charge in [-0.15, -0.1) is 0 Å². The van der Waals surface area contributed by atoms with Crippen LogP contribution in [-0.2, 0) is 14.3 Å². The van der Waals surface area contributed by atoms with Gasteiger partial charge in [0, 0.05) is 18.7 Å². The molecule has 2 aromatic carbocycles. The SMILES string of the molecule is O=C(CNC(=O)c1ccc(-c2ccccc2)cc1)OCC(=O)N1CCCCC1. The summed E-state index contributed by atoms with van der Waals surface area (Å²) in [5.41, 5.74) is 2.53. The van der Waals surface area contributed by atoms with Crippen molar-refractivity contribution in [1.82, 2.24) is 10.2 Å². The standard InChI is InChI=1S/C22H24N2O4/c25-20(24-13-5-2-6-14-24)16-28-21(26)15-23-22(27)19-11-9-18(10-12-19)17-7-3-1-4-8-17/h1,3-4,7-12H,2,5-6,13-16H2,(H,23,27). The first-order valence-corrected chi connectivity index (χ1v) is 9.50. The van der Waals surface area contributed by atoms with Crippen molar-refractivity contribution >= 4 is 17.8 Å². The number of nitrogens with one attached hydrogen (secondary N) is 1. The molecule has 6 heteroatoms. The lowest BCUT2D eigenvalue weighted by Gasteiger charge is -2.26. The van der Waals surface area contributed by atoms with Gasteiger partial charge in [-0.2, -0.15) is 0 Å². The Balaban J connectivity index is 1.43. The Morgan fingerprint density at radius 2 is 1.50 bits per heavy atom. The zero-order chi connectivity index (χ0) is 19.8. The van der Waals surface area contributed by atoms with E-state index < -0.39 is 5.97 Å². The smallest absolute Gasteiger partial charge is 0.325 e. The van der Waals surface area contributed by atoms with Crippen molar-refractivity contribution in [2.75, 3.05) is 26.2 Å². The maximum absolute atomic E-state index is 12.2. The van der Waals surface area contributed by atoms with Gasteiger partial charge < -0.3 is 15.0 Å². The molecule has 1 N–H and O–H groups in total. The number of benzene rings is 2. The Hall–Kier alpha value is -3.15. The molecule has 1 heterocycles. The summed E-state index contributed by atoms with van der Waals surface area (Å²) in [6, 6.07) is 17.0. The minimum Gasteiger partial charge on any atom is -0.454 e. The molecular weight excluding hydrogens is 356 g/mol. The number of rotatable bonds is 6. The first kappa shape index (κ1) is 19.6. The molecule has 28 heavy (non-hydrogen) atoms. The van der Waals surface area contributed by atoms with Crippen LogP contribution in [0.25, 0.3) is 11.1 Å². The molecule has 1 fully saturated rings. The van der Waals surface area contributed by atoms with Crippen molar-refractivity contribution in [3.8, 4) is 11.1 Å². The maximum Gasteiger partial charge on any atom is 0.325 e. The van der Waals surface area contributed by atoms with Crippen LogP contribution in [0, 0.1) is 0 Å². The highest BCUT2D eigenvalue weighted by atomic mass is 16.5. The van der Waals surface area contributed by atoms with Crippen molar-refractivity contribution < 1.29 is 19.1 Å². The summed E-state index contributed by atoms with van der Waals surface area (Å²) >= 11 is 0. The third-order valence-electron chi connectivity index (χ3n) is 4.71. The zero-order valence-corrected chi connectivity index (χ0v) is 15.7. The summed E-state index contributed by atoms with van der Waals surface area (Å²) in [5.74, 6) is -1.17. The van der Waals surface area contributed by atoms with Gasteiger partial charge in [-0.25, -0.2) is 0 Å². The number of esters is 1. The quantitative estimate of drug-likeness (QED) is 0.782. The molecule has 0 bridgehead atoms. The molecule has 2 amide bonds. The molecule has 146 valence electrons. The fourth-order valence-corrected chi connectivity index (χ4v) is 3.13. The minimum absolute atomic E-state index is 0.184. The molecule has 0 saturated carbocycles. The van der Waals surface area contributed by atoms with E-state index in [1.807, 2.05) is 42.5 Å². The van der Waals surface area contributed by atoms with Crippen LogP contribution in [0.4, 0.5) is 0 Å². The van der Waals surface area contributed by atoms with Gasteiger partial charge in [-0.3, -0.25) is 14.4 Å². The van der Waals surface area contributed by atoms with Crippen LogP contribution >= 0.6 is 0 Å². The van der Waals surface area contributed by atoms with Crippen LogP contribution in [-0.4, -0.2) is 48.9 Å². The van der Waals surface area contributed by atoms with Crippen LogP contribution in [0.3, 0.4) is 0 Å². The highest BCUT2D eigenvalue weighted by Crippen LogP contribution is 2.19. The van der Waals surface area contributed by atoms with Gasteiger partial charge in [-0.05, 0) is 42.5 Å². The highest BCUT2D eigenvalue weighted by molar-refractivity contribution is 5.96. The summed E-state index contributed by atoms with van der Waals surface area (Å²) in [6.07, 6.45) is 3.10. The highest BCUT2D eigenvalue weighted by Gasteiger charge is 2.18. The second-order valence-electron chi connectivity index (χ2n) is 6.73. The molecule has 0 atom stereocenters. The van der Waals surface area contributed by atoms with Gasteiger partial charge >= 0.3 is 5.97 Å². The largest absolute Gasteiger partial charge is 0.454 e. The normalized spacial score (nSPS) is 13.6. The number of amides is 2. The Morgan fingerprint density at radius 3 is 2.18 bits per heavy atom. The number of likely N-dealkylation sites (tertiary alicyclic amines) is 1. The maximum atomic E-state index is 12.2. The molecule has 0 aromatic heterocycles. The van der Waals surface area contributed by atoms with Gasteiger partial charge in [-0.1, -0.05) is 42.5 Å². The minimum atomic E-state index is -0.625. The van der Waals surface area contributed by atoms with E-state index >= 15 is 0 Å². The van der Waals surface area contributed by atoms with E-state index in [1.165, 1.54) is 0 Å². The van der Waals surface area contributed by atoms with Gasteiger partial charge in [0.25, 0.3) is 11.8 Å². The predicted octanol–water partition coefficient (Wildman–Crippen LogP) is 2.64. The molecule has 0 aliphatic carbocycles. The number of hydrogen-bond donors (Lipinski definition) is 1. The third-order valence-corrected chi connectivity index (χ3v) is 4.71. The fourth-order valence-electron chi connectivity index (χ4n) is 3.13. The molecule has 1 aliphatic heterocycles. The Kier molecular flexibility index (Phi) is 6.78. The van der Waals surface area contributed by atoms with E-state index in [0.717, 1.165) is 30.4 Å². The molecular formula is C22H24N2O4. The number of hydrogen-bond acceptors (Lipinski definition) is 4. The number of piperidine rings is 1. The first-order chi connectivity index (χ1) is 13.6.